The third kappa shape index (κ3) is 9.08. The van der Waals surface area contributed by atoms with Crippen LogP contribution in [0.3, 0.4) is 0 Å². The Morgan fingerprint density at radius 2 is 1.65 bits per heavy atom. The van der Waals surface area contributed by atoms with E-state index in [0.717, 1.165) is 10.7 Å². The predicted octanol–water partition coefficient (Wildman–Crippen LogP) is 6.76. The van der Waals surface area contributed by atoms with Crippen LogP contribution in [0.4, 0.5) is 26.3 Å². The van der Waals surface area contributed by atoms with Gasteiger partial charge in [-0.3, -0.25) is 9.48 Å². The maximum atomic E-state index is 13.5. The molecule has 0 amide bonds. The van der Waals surface area contributed by atoms with Crippen LogP contribution in [0.5, 0.6) is 5.88 Å². The normalized spacial score (nSPS) is 13.0. The van der Waals surface area contributed by atoms with Crippen LogP contribution in [0.1, 0.15) is 55.4 Å². The Morgan fingerprint density at radius 1 is 0.977 bits per heavy atom. The fourth-order valence-electron chi connectivity index (χ4n) is 3.92. The molecule has 236 valence electrons. The maximum Gasteiger partial charge on any atom is 0.435 e. The third-order valence-corrected chi connectivity index (χ3v) is 11.7. The number of nitrogens with zero attached hydrogens (tertiary/aromatic N) is 5. The van der Waals surface area contributed by atoms with Gasteiger partial charge >= 0.3 is 12.4 Å². The molecule has 0 bridgehead atoms. The van der Waals surface area contributed by atoms with Crippen molar-refractivity contribution in [2.75, 3.05) is 13.2 Å². The number of halogens is 6. The van der Waals surface area contributed by atoms with Crippen molar-refractivity contribution >= 4 is 14.1 Å². The van der Waals surface area contributed by atoms with Crippen molar-refractivity contribution in [3.05, 3.63) is 52.6 Å². The van der Waals surface area contributed by atoms with E-state index in [4.69, 9.17) is 9.16 Å². The molecule has 0 aliphatic rings. The SMILES string of the molecule is Cc1cc(CCC(=O)Cc2cc(OCCO[Si](C)(C)C(C)(C)C)nc(C(F)(F)F)c2)nnc1-c1cn(C)nc1C(F)(F)F. The number of rotatable bonds is 11. The van der Waals surface area contributed by atoms with Crippen molar-refractivity contribution in [1.82, 2.24) is 25.0 Å². The topological polar surface area (TPSA) is 92.0 Å². The molecule has 0 saturated carbocycles. The van der Waals surface area contributed by atoms with Crippen LogP contribution in [-0.2, 0) is 41.5 Å². The minimum Gasteiger partial charge on any atom is -0.475 e. The van der Waals surface area contributed by atoms with Gasteiger partial charge in [0.2, 0.25) is 5.88 Å². The fraction of sp³-hybridized carbons (Fsp3) is 0.536. The van der Waals surface area contributed by atoms with Gasteiger partial charge in [0.1, 0.15) is 18.1 Å². The standard InChI is InChI=1S/C28H35F6N5O3Si/c1-17-12-19(36-37-24(17)21-16-39(5)38-25(21)28(32,33)34)8-9-20(40)13-18-14-22(27(29,30)31)35-23(15-18)41-10-11-42-43(6,7)26(2,3)4/h12,14-16H,8-11,13H2,1-7H3. The van der Waals surface area contributed by atoms with E-state index in [-0.39, 0.29) is 66.0 Å². The first-order valence-electron chi connectivity index (χ1n) is 13.5. The molecule has 0 aliphatic heterocycles. The number of carbonyl (C=O) groups is 1. The Labute approximate surface area is 247 Å². The van der Waals surface area contributed by atoms with Crippen LogP contribution in [0, 0.1) is 6.92 Å². The van der Waals surface area contributed by atoms with E-state index in [1.807, 2.05) is 13.1 Å². The van der Waals surface area contributed by atoms with Crippen LogP contribution < -0.4 is 4.74 Å². The lowest BCUT2D eigenvalue weighted by Crippen LogP contribution is -2.41. The van der Waals surface area contributed by atoms with Crippen molar-refractivity contribution < 1.29 is 40.3 Å². The average Bonchev–Trinajstić information content (AvgIpc) is 3.26. The van der Waals surface area contributed by atoms with Gasteiger partial charge in [0.15, 0.2) is 14.0 Å². The van der Waals surface area contributed by atoms with Crippen molar-refractivity contribution in [2.45, 2.75) is 77.4 Å². The van der Waals surface area contributed by atoms with E-state index in [1.165, 1.54) is 25.4 Å². The quantitative estimate of drug-likeness (QED) is 0.131. The zero-order chi connectivity index (χ0) is 32.4. The number of aromatic nitrogens is 5. The summed E-state index contributed by atoms with van der Waals surface area (Å²) in [6.07, 6.45) is -8.52. The smallest absolute Gasteiger partial charge is 0.435 e. The van der Waals surface area contributed by atoms with Gasteiger partial charge < -0.3 is 9.16 Å². The Morgan fingerprint density at radius 3 is 2.23 bits per heavy atom. The Balaban J connectivity index is 1.67. The number of pyridine rings is 1. The Hall–Kier alpha value is -3.33. The molecule has 8 nitrogen and oxygen atoms in total. The van der Waals surface area contributed by atoms with E-state index in [0.29, 0.717) is 11.3 Å². The van der Waals surface area contributed by atoms with Gasteiger partial charge in [-0.2, -0.15) is 36.5 Å². The minimum atomic E-state index is -4.75. The number of hydrogen-bond donors (Lipinski definition) is 0. The highest BCUT2D eigenvalue weighted by molar-refractivity contribution is 6.74. The van der Waals surface area contributed by atoms with Crippen molar-refractivity contribution in [2.24, 2.45) is 7.05 Å². The summed E-state index contributed by atoms with van der Waals surface area (Å²) in [7, 11) is -0.708. The molecule has 0 saturated heterocycles. The molecule has 0 spiro atoms. The van der Waals surface area contributed by atoms with Gasteiger partial charge in [-0.25, -0.2) is 4.98 Å². The highest BCUT2D eigenvalue weighted by Crippen LogP contribution is 2.37. The summed E-state index contributed by atoms with van der Waals surface area (Å²) in [5, 5.41) is 11.3. The summed E-state index contributed by atoms with van der Waals surface area (Å²) in [4.78, 5) is 16.3. The molecule has 0 N–H and O–H groups in total. The number of aryl methyl sites for hydroxylation is 3. The van der Waals surface area contributed by atoms with E-state index in [2.05, 4.69) is 41.1 Å². The molecular formula is C28H35F6N5O3Si. The molecule has 0 atom stereocenters. The van der Waals surface area contributed by atoms with Gasteiger partial charge in [0.25, 0.3) is 0 Å². The van der Waals surface area contributed by atoms with Gasteiger partial charge in [0, 0.05) is 32.2 Å². The highest BCUT2D eigenvalue weighted by Gasteiger charge is 2.39. The van der Waals surface area contributed by atoms with Gasteiger partial charge in [0.05, 0.1) is 23.6 Å². The molecule has 3 rings (SSSR count). The molecule has 0 fully saturated rings. The molecule has 0 unspecified atom stereocenters. The monoisotopic (exact) mass is 631 g/mol. The summed E-state index contributed by atoms with van der Waals surface area (Å²) in [5.74, 6) is -0.635. The van der Waals surface area contributed by atoms with Crippen LogP contribution in [0.25, 0.3) is 11.3 Å². The van der Waals surface area contributed by atoms with Crippen molar-refractivity contribution in [3.8, 4) is 17.1 Å². The number of carbonyl (C=O) groups excluding carboxylic acids is 1. The molecule has 15 heteroatoms. The highest BCUT2D eigenvalue weighted by atomic mass is 28.4. The fourth-order valence-corrected chi connectivity index (χ4v) is 4.95. The summed E-state index contributed by atoms with van der Waals surface area (Å²) >= 11 is 0. The van der Waals surface area contributed by atoms with Gasteiger partial charge in [-0.05, 0) is 54.7 Å². The molecule has 43 heavy (non-hydrogen) atoms. The summed E-state index contributed by atoms with van der Waals surface area (Å²) in [5.41, 5.74) is -1.63. The largest absolute Gasteiger partial charge is 0.475 e. The number of alkyl halides is 6. The zero-order valence-corrected chi connectivity index (χ0v) is 26.1. The lowest BCUT2D eigenvalue weighted by molar-refractivity contribution is -0.142. The van der Waals surface area contributed by atoms with Crippen molar-refractivity contribution in [1.29, 1.82) is 0 Å². The van der Waals surface area contributed by atoms with Crippen molar-refractivity contribution in [3.63, 3.8) is 0 Å². The predicted molar refractivity (Wildman–Crippen MR) is 149 cm³/mol. The molecule has 3 heterocycles. The third-order valence-electron chi connectivity index (χ3n) is 7.20. The molecule has 0 aliphatic carbocycles. The Bertz CT molecular complexity index is 1450. The lowest BCUT2D eigenvalue weighted by Gasteiger charge is -2.36. The van der Waals surface area contributed by atoms with Gasteiger partial charge in [-0.15, -0.1) is 5.10 Å². The summed E-state index contributed by atoms with van der Waals surface area (Å²) in [6.45, 7) is 12.0. The molecule has 3 aromatic rings. The number of hydrogen-bond acceptors (Lipinski definition) is 7. The van der Waals surface area contributed by atoms with E-state index in [9.17, 15) is 31.1 Å². The molecule has 0 aromatic carbocycles. The van der Waals surface area contributed by atoms with Crippen LogP contribution in [-0.4, -0.2) is 52.3 Å². The van der Waals surface area contributed by atoms with Gasteiger partial charge in [-0.1, -0.05) is 20.8 Å². The number of ether oxygens (including phenoxy) is 1. The number of ketones is 1. The van der Waals surface area contributed by atoms with E-state index in [1.54, 1.807) is 6.92 Å². The molecule has 0 radical (unpaired) electrons. The van der Waals surface area contributed by atoms with Crippen LogP contribution in [0.15, 0.2) is 24.4 Å². The second kappa shape index (κ2) is 12.7. The summed E-state index contributed by atoms with van der Waals surface area (Å²) in [6, 6.07) is 3.63. The maximum absolute atomic E-state index is 13.5. The second-order valence-corrected chi connectivity index (χ2v) is 16.6. The van der Waals surface area contributed by atoms with Crippen LogP contribution >= 0.6 is 0 Å². The molecular weight excluding hydrogens is 596 g/mol. The first kappa shape index (κ1) is 34.2. The first-order valence-corrected chi connectivity index (χ1v) is 16.4. The zero-order valence-electron chi connectivity index (χ0n) is 25.1. The minimum absolute atomic E-state index is 0.00820. The molecule has 3 aromatic heterocycles. The van der Waals surface area contributed by atoms with Crippen LogP contribution in [0.2, 0.25) is 18.1 Å². The van der Waals surface area contributed by atoms with E-state index < -0.39 is 32.1 Å². The second-order valence-electron chi connectivity index (χ2n) is 11.8. The average molecular weight is 632 g/mol. The van der Waals surface area contributed by atoms with E-state index >= 15 is 0 Å². The first-order chi connectivity index (χ1) is 19.7. The lowest BCUT2D eigenvalue weighted by atomic mass is 10.0. The summed E-state index contributed by atoms with van der Waals surface area (Å²) < 4.78 is 93.2. The Kier molecular flexibility index (Phi) is 10.1. The number of Topliss-reactive ketones (excluding diaryl/α,β-unsaturated/α-hetero) is 1.